The van der Waals surface area contributed by atoms with Crippen LogP contribution in [-0.4, -0.2) is 10.9 Å². The van der Waals surface area contributed by atoms with Crippen LogP contribution in [0.2, 0.25) is 0 Å². The molecule has 7 heteroatoms. The lowest BCUT2D eigenvalue weighted by Crippen LogP contribution is -2.17. The molecule has 4 N–H and O–H groups in total. The van der Waals surface area contributed by atoms with Gasteiger partial charge in [-0.1, -0.05) is 15.9 Å². The molecule has 104 valence electrons. The quantitative estimate of drug-likeness (QED) is 0.593. The first-order valence-electron chi connectivity index (χ1n) is 5.71. The van der Waals surface area contributed by atoms with Crippen LogP contribution in [0.1, 0.15) is 15.9 Å². The third kappa shape index (κ3) is 3.12. The Hall–Kier alpha value is -1.99. The van der Waals surface area contributed by atoms with Gasteiger partial charge in [-0.25, -0.2) is 15.2 Å². The van der Waals surface area contributed by atoms with E-state index in [0.717, 1.165) is 10.0 Å². The summed E-state index contributed by atoms with van der Waals surface area (Å²) in [7, 11) is 0. The Morgan fingerprint density at radius 2 is 2.15 bits per heavy atom. The first-order valence-corrected chi connectivity index (χ1v) is 6.50. The maximum absolute atomic E-state index is 13.9. The van der Waals surface area contributed by atoms with E-state index in [2.05, 4.69) is 31.7 Å². The van der Waals surface area contributed by atoms with Crippen LogP contribution < -0.4 is 16.6 Å². The molecule has 0 bridgehead atoms. The summed E-state index contributed by atoms with van der Waals surface area (Å²) >= 11 is 3.33. The van der Waals surface area contributed by atoms with E-state index in [1.807, 2.05) is 13.0 Å². The number of carbonyl (C=O) groups excluding carboxylic acids is 1. The first-order chi connectivity index (χ1) is 9.51. The van der Waals surface area contributed by atoms with E-state index in [-0.39, 0.29) is 11.4 Å². The first kappa shape index (κ1) is 14.4. The van der Waals surface area contributed by atoms with Crippen molar-refractivity contribution in [2.45, 2.75) is 6.92 Å². The standard InChI is InChI=1S/C13H12BrFN4O/c1-7-4-8(14)6-9(5-7)18-13(20)10-2-3-17-12(19-16)11(10)15/h2-6H,16H2,1H3,(H,17,19)(H,18,20). The van der Waals surface area contributed by atoms with E-state index in [1.54, 1.807) is 12.1 Å². The number of nitrogens with two attached hydrogens (primary N) is 1. The molecule has 5 nitrogen and oxygen atoms in total. The molecule has 0 fully saturated rings. The lowest BCUT2D eigenvalue weighted by atomic mass is 10.2. The Morgan fingerprint density at radius 3 is 2.80 bits per heavy atom. The van der Waals surface area contributed by atoms with Crippen molar-refractivity contribution in [3.63, 3.8) is 0 Å². The van der Waals surface area contributed by atoms with E-state index in [9.17, 15) is 9.18 Å². The molecule has 0 unspecified atom stereocenters. The van der Waals surface area contributed by atoms with E-state index in [0.29, 0.717) is 5.69 Å². The zero-order valence-corrected chi connectivity index (χ0v) is 12.2. The average Bonchev–Trinajstić information content (AvgIpc) is 2.37. The molecule has 0 atom stereocenters. The Labute approximate surface area is 123 Å². The molecule has 1 heterocycles. The number of hydrazine groups is 1. The largest absolute Gasteiger partial charge is 0.322 e. The van der Waals surface area contributed by atoms with Gasteiger partial charge >= 0.3 is 0 Å². The smallest absolute Gasteiger partial charge is 0.258 e. The summed E-state index contributed by atoms with van der Waals surface area (Å²) in [5.74, 6) is 3.58. The zero-order chi connectivity index (χ0) is 14.7. The van der Waals surface area contributed by atoms with E-state index in [4.69, 9.17) is 5.84 Å². The summed E-state index contributed by atoms with van der Waals surface area (Å²) in [5.41, 5.74) is 3.50. The number of anilines is 2. The van der Waals surface area contributed by atoms with Crippen LogP contribution >= 0.6 is 15.9 Å². The fourth-order valence-corrected chi connectivity index (χ4v) is 2.33. The second-order valence-corrected chi connectivity index (χ2v) is 5.05. The second-order valence-electron chi connectivity index (χ2n) is 4.14. The number of rotatable bonds is 3. The molecular weight excluding hydrogens is 327 g/mol. The van der Waals surface area contributed by atoms with Crippen LogP contribution in [0, 0.1) is 12.7 Å². The zero-order valence-electron chi connectivity index (χ0n) is 10.6. The SMILES string of the molecule is Cc1cc(Br)cc(NC(=O)c2ccnc(NN)c2F)c1. The van der Waals surface area contributed by atoms with E-state index < -0.39 is 11.7 Å². The topological polar surface area (TPSA) is 80.0 Å². The predicted molar refractivity (Wildman–Crippen MR) is 78.8 cm³/mol. The Kier molecular flexibility index (Phi) is 4.31. The van der Waals surface area contributed by atoms with Gasteiger partial charge in [-0.3, -0.25) is 4.79 Å². The number of halogens is 2. The highest BCUT2D eigenvalue weighted by Gasteiger charge is 2.16. The van der Waals surface area contributed by atoms with Gasteiger partial charge in [0.1, 0.15) is 0 Å². The lowest BCUT2D eigenvalue weighted by Gasteiger charge is -2.09. The molecular formula is C13H12BrFN4O. The third-order valence-electron chi connectivity index (χ3n) is 2.57. The van der Waals surface area contributed by atoms with Crippen molar-refractivity contribution in [2.75, 3.05) is 10.7 Å². The monoisotopic (exact) mass is 338 g/mol. The lowest BCUT2D eigenvalue weighted by molar-refractivity contribution is 0.102. The normalized spacial score (nSPS) is 10.2. The van der Waals surface area contributed by atoms with Gasteiger partial charge in [-0.15, -0.1) is 0 Å². The molecule has 0 aliphatic heterocycles. The number of nitrogen functional groups attached to an aromatic ring is 1. The van der Waals surface area contributed by atoms with E-state index >= 15 is 0 Å². The Morgan fingerprint density at radius 1 is 1.40 bits per heavy atom. The van der Waals surface area contributed by atoms with Crippen LogP contribution in [0.25, 0.3) is 0 Å². The molecule has 1 amide bonds. The van der Waals surface area contributed by atoms with Gasteiger partial charge in [0.05, 0.1) is 5.56 Å². The highest BCUT2D eigenvalue weighted by Crippen LogP contribution is 2.21. The van der Waals surface area contributed by atoms with Gasteiger partial charge < -0.3 is 10.7 Å². The number of carbonyl (C=O) groups is 1. The molecule has 2 aromatic rings. The molecule has 0 aliphatic rings. The van der Waals surface area contributed by atoms with Gasteiger partial charge in [-0.05, 0) is 36.8 Å². The molecule has 0 radical (unpaired) electrons. The second kappa shape index (κ2) is 5.98. The summed E-state index contributed by atoms with van der Waals surface area (Å²) in [6.45, 7) is 1.89. The Balaban J connectivity index is 2.28. The summed E-state index contributed by atoms with van der Waals surface area (Å²) in [6, 6.07) is 6.70. The maximum Gasteiger partial charge on any atom is 0.258 e. The molecule has 0 aliphatic carbocycles. The molecule has 1 aromatic carbocycles. The number of benzene rings is 1. The summed E-state index contributed by atoms with van der Waals surface area (Å²) in [5, 5.41) is 2.63. The number of nitrogens with zero attached hydrogens (tertiary/aromatic N) is 1. The summed E-state index contributed by atoms with van der Waals surface area (Å²) in [6.07, 6.45) is 1.30. The molecule has 0 spiro atoms. The van der Waals surface area contributed by atoms with Gasteiger partial charge in [-0.2, -0.15) is 0 Å². The van der Waals surface area contributed by atoms with Crippen molar-refractivity contribution in [3.05, 3.63) is 51.9 Å². The number of aryl methyl sites for hydroxylation is 1. The highest BCUT2D eigenvalue weighted by molar-refractivity contribution is 9.10. The van der Waals surface area contributed by atoms with E-state index in [1.165, 1.54) is 12.3 Å². The van der Waals surface area contributed by atoms with Crippen LogP contribution in [0.15, 0.2) is 34.9 Å². The fourth-order valence-electron chi connectivity index (χ4n) is 1.73. The van der Waals surface area contributed by atoms with Crippen molar-refractivity contribution in [3.8, 4) is 0 Å². The number of hydrogen-bond donors (Lipinski definition) is 3. The van der Waals surface area contributed by atoms with Crippen molar-refractivity contribution in [1.29, 1.82) is 0 Å². The molecule has 0 saturated carbocycles. The number of pyridine rings is 1. The molecule has 2 rings (SSSR count). The Bertz CT molecular complexity index is 643. The summed E-state index contributed by atoms with van der Waals surface area (Å²) < 4.78 is 14.7. The van der Waals surface area contributed by atoms with Crippen molar-refractivity contribution in [1.82, 2.24) is 4.98 Å². The maximum atomic E-state index is 13.9. The fraction of sp³-hybridized carbons (Fsp3) is 0.0769. The number of aromatic nitrogens is 1. The number of amides is 1. The highest BCUT2D eigenvalue weighted by atomic mass is 79.9. The predicted octanol–water partition coefficient (Wildman–Crippen LogP) is 2.83. The van der Waals surface area contributed by atoms with Gasteiger partial charge in [0, 0.05) is 16.4 Å². The minimum atomic E-state index is -0.792. The third-order valence-corrected chi connectivity index (χ3v) is 3.03. The molecule has 0 saturated heterocycles. The van der Waals surface area contributed by atoms with Crippen LogP contribution in [0.5, 0.6) is 0 Å². The van der Waals surface area contributed by atoms with Crippen molar-refractivity contribution in [2.24, 2.45) is 5.84 Å². The van der Waals surface area contributed by atoms with Gasteiger partial charge in [0.25, 0.3) is 5.91 Å². The minimum Gasteiger partial charge on any atom is -0.322 e. The van der Waals surface area contributed by atoms with Gasteiger partial charge in [0.2, 0.25) is 0 Å². The van der Waals surface area contributed by atoms with Crippen LogP contribution in [-0.2, 0) is 0 Å². The van der Waals surface area contributed by atoms with Crippen LogP contribution in [0.4, 0.5) is 15.9 Å². The minimum absolute atomic E-state index is 0.134. The van der Waals surface area contributed by atoms with Crippen molar-refractivity contribution < 1.29 is 9.18 Å². The summed E-state index contributed by atoms with van der Waals surface area (Å²) in [4.78, 5) is 15.7. The van der Waals surface area contributed by atoms with Crippen molar-refractivity contribution >= 4 is 33.3 Å². The average molecular weight is 339 g/mol. The number of nitrogens with one attached hydrogen (secondary N) is 2. The number of hydrogen-bond acceptors (Lipinski definition) is 4. The molecule has 1 aromatic heterocycles. The van der Waals surface area contributed by atoms with Crippen LogP contribution in [0.3, 0.4) is 0 Å². The van der Waals surface area contributed by atoms with Gasteiger partial charge in [0.15, 0.2) is 11.6 Å². The molecule has 20 heavy (non-hydrogen) atoms.